The minimum Gasteiger partial charge on any atom is -0.342 e. The third-order valence-electron chi connectivity index (χ3n) is 5.01. The topological polar surface area (TPSA) is 15.3 Å². The van der Waals surface area contributed by atoms with Crippen molar-refractivity contribution in [3.8, 4) is 0 Å². The van der Waals surface area contributed by atoms with E-state index in [0.717, 1.165) is 23.3 Å². The molecule has 3 rings (SSSR count). The van der Waals surface area contributed by atoms with E-state index in [1.165, 1.54) is 29.5 Å². The van der Waals surface area contributed by atoms with E-state index in [0.29, 0.717) is 6.04 Å². The Bertz CT molecular complexity index is 707. The zero-order valence-electron chi connectivity index (χ0n) is 14.8. The lowest BCUT2D eigenvalue weighted by Crippen LogP contribution is -2.41. The average Bonchev–Trinajstić information content (AvgIpc) is 3.41. The Morgan fingerprint density at radius 3 is 2.46 bits per heavy atom. The molecule has 0 aliphatic heterocycles. The fourth-order valence-electron chi connectivity index (χ4n) is 3.03. The second-order valence-corrected chi connectivity index (χ2v) is 7.31. The minimum absolute atomic E-state index is 0.469. The van der Waals surface area contributed by atoms with Gasteiger partial charge in [-0.1, -0.05) is 36.4 Å². The van der Waals surface area contributed by atoms with Gasteiger partial charge in [0, 0.05) is 18.3 Å². The third-order valence-corrected chi connectivity index (χ3v) is 5.35. The Labute approximate surface area is 150 Å². The molecule has 1 fully saturated rings. The number of nitrogens with zero attached hydrogens (tertiary/aromatic N) is 1. The van der Waals surface area contributed by atoms with Crippen molar-refractivity contribution >= 4 is 23.0 Å². The Kier molecular flexibility index (Phi) is 5.20. The number of hydrogen-bond donors (Lipinski definition) is 1. The summed E-state index contributed by atoms with van der Waals surface area (Å²) in [5, 5.41) is 4.27. The van der Waals surface area contributed by atoms with E-state index < -0.39 is 0 Å². The van der Waals surface area contributed by atoms with Crippen molar-refractivity contribution in [3.05, 3.63) is 65.2 Å². The molecule has 2 nitrogen and oxygen atoms in total. The summed E-state index contributed by atoms with van der Waals surface area (Å²) in [5.74, 6) is 0.771. The predicted molar refractivity (Wildman–Crippen MR) is 106 cm³/mol. The number of benzene rings is 2. The highest BCUT2D eigenvalue weighted by Gasteiger charge is 2.33. The summed E-state index contributed by atoms with van der Waals surface area (Å²) in [5.41, 5.74) is 4.96. The van der Waals surface area contributed by atoms with Crippen molar-refractivity contribution in [3.63, 3.8) is 0 Å². The minimum atomic E-state index is 0.469. The zero-order valence-corrected chi connectivity index (χ0v) is 15.6. The van der Waals surface area contributed by atoms with Crippen LogP contribution in [0.5, 0.6) is 0 Å². The van der Waals surface area contributed by atoms with Gasteiger partial charge in [0.1, 0.15) is 0 Å². The van der Waals surface area contributed by atoms with E-state index in [-0.39, 0.29) is 0 Å². The molecule has 0 aromatic heterocycles. The van der Waals surface area contributed by atoms with Crippen LogP contribution in [-0.4, -0.2) is 16.1 Å². The number of thiocarbonyl (C=S) groups is 1. The average molecular weight is 339 g/mol. The van der Waals surface area contributed by atoms with Gasteiger partial charge in [0.2, 0.25) is 0 Å². The van der Waals surface area contributed by atoms with Gasteiger partial charge in [0.05, 0.1) is 0 Å². The number of aryl methyl sites for hydroxylation is 2. The normalized spacial score (nSPS) is 15.0. The molecule has 0 saturated heterocycles. The van der Waals surface area contributed by atoms with Crippen LogP contribution in [-0.2, 0) is 6.54 Å². The van der Waals surface area contributed by atoms with Gasteiger partial charge in [0.15, 0.2) is 5.11 Å². The molecule has 1 aliphatic rings. The lowest BCUT2D eigenvalue weighted by Gasteiger charge is -2.32. The van der Waals surface area contributed by atoms with Crippen LogP contribution in [0.4, 0.5) is 5.69 Å². The fourth-order valence-corrected chi connectivity index (χ4v) is 3.38. The zero-order chi connectivity index (χ0) is 17.1. The van der Waals surface area contributed by atoms with Crippen molar-refractivity contribution in [1.82, 2.24) is 4.90 Å². The van der Waals surface area contributed by atoms with Crippen LogP contribution < -0.4 is 5.32 Å². The molecule has 126 valence electrons. The molecule has 1 aliphatic carbocycles. The van der Waals surface area contributed by atoms with E-state index in [9.17, 15) is 0 Å². The maximum atomic E-state index is 5.77. The van der Waals surface area contributed by atoms with Gasteiger partial charge < -0.3 is 10.2 Å². The molecule has 0 spiro atoms. The Morgan fingerprint density at radius 1 is 1.12 bits per heavy atom. The van der Waals surface area contributed by atoms with Crippen LogP contribution in [0.2, 0.25) is 0 Å². The van der Waals surface area contributed by atoms with Crippen molar-refractivity contribution in [1.29, 1.82) is 0 Å². The molecule has 0 amide bonds. The largest absolute Gasteiger partial charge is 0.342 e. The smallest absolute Gasteiger partial charge is 0.173 e. The third kappa shape index (κ3) is 4.15. The second kappa shape index (κ2) is 7.35. The summed E-state index contributed by atoms with van der Waals surface area (Å²) in [6.45, 7) is 7.43. The van der Waals surface area contributed by atoms with Gasteiger partial charge in [-0.15, -0.1) is 0 Å². The molecule has 0 bridgehead atoms. The first-order valence-corrected chi connectivity index (χ1v) is 9.14. The number of anilines is 1. The SMILES string of the molecule is Cc1ccc(NC(=S)N(Cc2ccccc2)[C@H](C)C2CC2)cc1C. The Morgan fingerprint density at radius 2 is 1.83 bits per heavy atom. The fraction of sp³-hybridized carbons (Fsp3) is 0.381. The second-order valence-electron chi connectivity index (χ2n) is 6.92. The maximum Gasteiger partial charge on any atom is 0.173 e. The van der Waals surface area contributed by atoms with Crippen LogP contribution in [0.1, 0.15) is 36.5 Å². The Hall–Kier alpha value is -1.87. The van der Waals surface area contributed by atoms with Crippen molar-refractivity contribution in [2.45, 2.75) is 46.2 Å². The molecule has 1 atom stereocenters. The maximum absolute atomic E-state index is 5.77. The van der Waals surface area contributed by atoms with Gasteiger partial charge in [0.25, 0.3) is 0 Å². The van der Waals surface area contributed by atoms with Gasteiger partial charge in [-0.25, -0.2) is 0 Å². The van der Waals surface area contributed by atoms with E-state index in [2.05, 4.69) is 79.5 Å². The molecule has 0 heterocycles. The monoisotopic (exact) mass is 338 g/mol. The molecule has 1 saturated carbocycles. The first-order valence-electron chi connectivity index (χ1n) is 8.73. The quantitative estimate of drug-likeness (QED) is 0.745. The summed E-state index contributed by atoms with van der Waals surface area (Å²) < 4.78 is 0. The summed E-state index contributed by atoms with van der Waals surface area (Å²) >= 11 is 5.77. The molecule has 0 radical (unpaired) electrons. The van der Waals surface area contributed by atoms with Gasteiger partial charge in [-0.05, 0) is 80.6 Å². The highest BCUT2D eigenvalue weighted by Crippen LogP contribution is 2.36. The van der Waals surface area contributed by atoms with Crippen molar-refractivity contribution < 1.29 is 0 Å². The predicted octanol–water partition coefficient (Wildman–Crippen LogP) is 5.30. The lowest BCUT2D eigenvalue weighted by atomic mass is 10.1. The lowest BCUT2D eigenvalue weighted by molar-refractivity contribution is 0.298. The number of nitrogens with one attached hydrogen (secondary N) is 1. The van der Waals surface area contributed by atoms with E-state index in [1.807, 2.05) is 0 Å². The molecule has 0 unspecified atom stereocenters. The van der Waals surface area contributed by atoms with Crippen LogP contribution in [0.15, 0.2) is 48.5 Å². The van der Waals surface area contributed by atoms with Gasteiger partial charge in [-0.3, -0.25) is 0 Å². The highest BCUT2D eigenvalue weighted by atomic mass is 32.1. The summed E-state index contributed by atoms with van der Waals surface area (Å²) in [4.78, 5) is 2.34. The number of rotatable bonds is 5. The molecule has 3 heteroatoms. The number of hydrogen-bond acceptors (Lipinski definition) is 1. The van der Waals surface area contributed by atoms with Gasteiger partial charge >= 0.3 is 0 Å². The molecular weight excluding hydrogens is 312 g/mol. The first kappa shape index (κ1) is 17.0. The van der Waals surface area contributed by atoms with E-state index in [4.69, 9.17) is 12.2 Å². The molecule has 2 aromatic rings. The van der Waals surface area contributed by atoms with Crippen LogP contribution in [0, 0.1) is 19.8 Å². The van der Waals surface area contributed by atoms with Crippen molar-refractivity contribution in [2.24, 2.45) is 5.92 Å². The summed E-state index contributed by atoms with van der Waals surface area (Å²) in [6, 6.07) is 17.5. The van der Waals surface area contributed by atoms with E-state index in [1.54, 1.807) is 0 Å². The van der Waals surface area contributed by atoms with Crippen LogP contribution in [0.3, 0.4) is 0 Å². The first-order chi connectivity index (χ1) is 11.5. The molecule has 2 aromatic carbocycles. The molecule has 1 N–H and O–H groups in total. The highest BCUT2D eigenvalue weighted by molar-refractivity contribution is 7.80. The molecular formula is C21H26N2S. The van der Waals surface area contributed by atoms with Crippen LogP contribution >= 0.6 is 12.2 Å². The van der Waals surface area contributed by atoms with Gasteiger partial charge in [-0.2, -0.15) is 0 Å². The summed E-state index contributed by atoms with van der Waals surface area (Å²) in [7, 11) is 0. The van der Waals surface area contributed by atoms with Crippen LogP contribution in [0.25, 0.3) is 0 Å². The summed E-state index contributed by atoms with van der Waals surface area (Å²) in [6.07, 6.45) is 2.64. The Balaban J connectivity index is 1.76. The molecule has 24 heavy (non-hydrogen) atoms. The van der Waals surface area contributed by atoms with Crippen molar-refractivity contribution in [2.75, 3.05) is 5.32 Å². The van der Waals surface area contributed by atoms with E-state index >= 15 is 0 Å². The standard InChI is InChI=1S/C21H26N2S/c1-15-9-12-20(13-16(15)2)22-21(24)23(17(3)19-10-11-19)14-18-7-5-4-6-8-18/h4-9,12-13,17,19H,10-11,14H2,1-3H3,(H,22,24)/t17-/m1/s1.